The average Bonchev–Trinajstić information content (AvgIpc) is 3.77. The van der Waals surface area contributed by atoms with Crippen molar-refractivity contribution in [2.45, 2.75) is 0 Å². The molecule has 0 fully saturated rings. The van der Waals surface area contributed by atoms with Crippen LogP contribution in [0.15, 0.2) is 241 Å². The van der Waals surface area contributed by atoms with Gasteiger partial charge in [0.1, 0.15) is 11.3 Å². The van der Waals surface area contributed by atoms with E-state index in [4.69, 9.17) is 4.42 Å². The van der Waals surface area contributed by atoms with Gasteiger partial charge in [-0.15, -0.1) is 0 Å². The van der Waals surface area contributed by atoms with Crippen molar-refractivity contribution in [3.8, 4) is 55.8 Å². The second kappa shape index (κ2) is 15.1. The lowest BCUT2D eigenvalue weighted by atomic mass is 9.96. The van der Waals surface area contributed by atoms with E-state index in [9.17, 15) is 0 Å². The van der Waals surface area contributed by atoms with E-state index in [-0.39, 0.29) is 0 Å². The Labute approximate surface area is 349 Å². The predicted molar refractivity (Wildman–Crippen MR) is 253 cm³/mol. The second-order valence-corrected chi connectivity index (χ2v) is 15.3. The summed E-state index contributed by atoms with van der Waals surface area (Å²) in [5, 5.41) is 6.16. The van der Waals surface area contributed by atoms with E-state index in [0.29, 0.717) is 0 Å². The van der Waals surface area contributed by atoms with Gasteiger partial charge in [0.05, 0.1) is 0 Å². The maximum absolute atomic E-state index is 6.36. The molecule has 10 aromatic carbocycles. The van der Waals surface area contributed by atoms with Crippen LogP contribution in [-0.4, -0.2) is 0 Å². The third-order valence-electron chi connectivity index (χ3n) is 11.6. The number of rotatable bonds is 8. The molecule has 0 amide bonds. The molecular formula is C58H39NO. The molecule has 0 N–H and O–H groups in total. The fraction of sp³-hybridized carbons (Fsp3) is 0. The van der Waals surface area contributed by atoms with Gasteiger partial charge < -0.3 is 9.32 Å². The highest BCUT2D eigenvalue weighted by Crippen LogP contribution is 2.42. The van der Waals surface area contributed by atoms with Gasteiger partial charge in [0.2, 0.25) is 0 Å². The number of hydrogen-bond acceptors (Lipinski definition) is 2. The molecule has 11 rings (SSSR count). The molecule has 0 saturated carbocycles. The van der Waals surface area contributed by atoms with Gasteiger partial charge in [0.15, 0.2) is 0 Å². The normalized spacial score (nSPS) is 11.3. The van der Waals surface area contributed by atoms with Crippen molar-refractivity contribution in [3.05, 3.63) is 237 Å². The Bertz CT molecular complexity index is 3200. The van der Waals surface area contributed by atoms with Gasteiger partial charge >= 0.3 is 0 Å². The van der Waals surface area contributed by atoms with Crippen molar-refractivity contribution in [1.29, 1.82) is 0 Å². The number of furan rings is 1. The highest BCUT2D eigenvalue weighted by atomic mass is 16.3. The van der Waals surface area contributed by atoms with Crippen LogP contribution in [0.2, 0.25) is 0 Å². The van der Waals surface area contributed by atoms with Crippen LogP contribution >= 0.6 is 0 Å². The molecule has 0 aliphatic carbocycles. The van der Waals surface area contributed by atoms with Crippen LogP contribution in [0, 0.1) is 0 Å². The molecule has 60 heavy (non-hydrogen) atoms. The maximum Gasteiger partial charge on any atom is 0.136 e. The number of fused-ring (bicyclic) bond motifs is 4. The highest BCUT2D eigenvalue weighted by molar-refractivity contribution is 6.08. The third kappa shape index (κ3) is 6.61. The quantitative estimate of drug-likeness (QED) is 0.143. The minimum Gasteiger partial charge on any atom is -0.456 e. The van der Waals surface area contributed by atoms with E-state index >= 15 is 0 Å². The first-order valence-electron chi connectivity index (χ1n) is 20.5. The van der Waals surface area contributed by atoms with Gasteiger partial charge in [0, 0.05) is 28.0 Å². The summed E-state index contributed by atoms with van der Waals surface area (Å²) < 4.78 is 6.36. The minimum atomic E-state index is 0.864. The van der Waals surface area contributed by atoms with E-state index in [1.54, 1.807) is 0 Å². The molecule has 2 nitrogen and oxygen atoms in total. The van der Waals surface area contributed by atoms with E-state index < -0.39 is 0 Å². The number of nitrogens with zero attached hydrogens (tertiary/aromatic N) is 1. The zero-order valence-corrected chi connectivity index (χ0v) is 32.9. The zero-order chi connectivity index (χ0) is 39.8. The number of para-hydroxylation sites is 1. The summed E-state index contributed by atoms with van der Waals surface area (Å²) in [6.07, 6.45) is 0. The molecule has 0 radical (unpaired) electrons. The Hall–Kier alpha value is -7.94. The standard InChI is InChI=1S/C58H39NO/c1-3-13-40(14-4-1)48-36-49(41-15-5-2-6-16-41)38-52(37-48)59(50-30-25-42(26-31-50)45-29-34-55-46(35-45)24-23-43-17-7-9-19-53(43)55)51-32-27-44(28-33-51)54-20-10-11-21-56(54)58-39-47-18-8-12-22-57(47)60-58/h1-39H. The number of anilines is 3. The summed E-state index contributed by atoms with van der Waals surface area (Å²) >= 11 is 0. The molecule has 0 bridgehead atoms. The first kappa shape index (κ1) is 35.2. The fourth-order valence-corrected chi connectivity index (χ4v) is 8.63. The maximum atomic E-state index is 6.36. The highest BCUT2D eigenvalue weighted by Gasteiger charge is 2.18. The molecule has 0 unspecified atom stereocenters. The molecular weight excluding hydrogens is 727 g/mol. The molecule has 2 heteroatoms. The summed E-state index contributed by atoms with van der Waals surface area (Å²) in [4.78, 5) is 2.38. The number of benzene rings is 10. The van der Waals surface area contributed by atoms with Gasteiger partial charge in [-0.1, -0.05) is 176 Å². The van der Waals surface area contributed by atoms with Crippen molar-refractivity contribution in [3.63, 3.8) is 0 Å². The summed E-state index contributed by atoms with van der Waals surface area (Å²) in [5.74, 6) is 0.864. The van der Waals surface area contributed by atoms with Crippen molar-refractivity contribution < 1.29 is 4.42 Å². The van der Waals surface area contributed by atoms with E-state index in [1.807, 2.05) is 12.1 Å². The van der Waals surface area contributed by atoms with E-state index in [1.165, 1.54) is 43.8 Å². The summed E-state index contributed by atoms with van der Waals surface area (Å²) in [6, 6.07) is 84.9. The topological polar surface area (TPSA) is 16.4 Å². The first-order chi connectivity index (χ1) is 29.7. The van der Waals surface area contributed by atoms with Gasteiger partial charge in [-0.2, -0.15) is 0 Å². The van der Waals surface area contributed by atoms with Crippen LogP contribution in [0.25, 0.3) is 88.3 Å². The fourth-order valence-electron chi connectivity index (χ4n) is 8.63. The van der Waals surface area contributed by atoms with Crippen LogP contribution in [0.5, 0.6) is 0 Å². The van der Waals surface area contributed by atoms with E-state index in [2.05, 4.69) is 229 Å². The molecule has 282 valence electrons. The van der Waals surface area contributed by atoms with Crippen LogP contribution in [0.4, 0.5) is 17.1 Å². The van der Waals surface area contributed by atoms with Gasteiger partial charge in [-0.05, 0) is 127 Å². The van der Waals surface area contributed by atoms with Crippen LogP contribution in [0.1, 0.15) is 0 Å². The Morgan fingerprint density at radius 1 is 0.267 bits per heavy atom. The van der Waals surface area contributed by atoms with Crippen molar-refractivity contribution >= 4 is 49.6 Å². The average molecular weight is 766 g/mol. The molecule has 0 saturated heterocycles. The zero-order valence-electron chi connectivity index (χ0n) is 32.9. The first-order valence-corrected chi connectivity index (χ1v) is 20.5. The van der Waals surface area contributed by atoms with Crippen molar-refractivity contribution in [1.82, 2.24) is 0 Å². The third-order valence-corrected chi connectivity index (χ3v) is 11.6. The van der Waals surface area contributed by atoms with E-state index in [0.717, 1.165) is 61.6 Å². The van der Waals surface area contributed by atoms with Crippen molar-refractivity contribution in [2.24, 2.45) is 0 Å². The second-order valence-electron chi connectivity index (χ2n) is 15.3. The Morgan fingerprint density at radius 3 is 1.47 bits per heavy atom. The SMILES string of the molecule is c1ccc(-c2cc(-c3ccccc3)cc(N(c3ccc(-c4ccc5c(ccc6ccccc65)c4)cc3)c3ccc(-c4ccccc4-c4cc5ccccc5o4)cc3)c2)cc1. The van der Waals surface area contributed by atoms with Crippen LogP contribution in [-0.2, 0) is 0 Å². The van der Waals surface area contributed by atoms with Gasteiger partial charge in [-0.25, -0.2) is 0 Å². The lowest BCUT2D eigenvalue weighted by molar-refractivity contribution is 0.632. The Balaban J connectivity index is 1.03. The predicted octanol–water partition coefficient (Wildman–Crippen LogP) is 16.5. The molecule has 11 aromatic rings. The van der Waals surface area contributed by atoms with Crippen LogP contribution < -0.4 is 4.90 Å². The molecule has 0 aliphatic heterocycles. The van der Waals surface area contributed by atoms with Gasteiger partial charge in [0.25, 0.3) is 0 Å². The summed E-state index contributed by atoms with van der Waals surface area (Å²) in [7, 11) is 0. The lowest BCUT2D eigenvalue weighted by Crippen LogP contribution is -2.10. The summed E-state index contributed by atoms with van der Waals surface area (Å²) in [5.41, 5.74) is 14.5. The number of hydrogen-bond donors (Lipinski definition) is 0. The monoisotopic (exact) mass is 765 g/mol. The smallest absolute Gasteiger partial charge is 0.136 e. The molecule has 1 aromatic heterocycles. The van der Waals surface area contributed by atoms with Crippen LogP contribution in [0.3, 0.4) is 0 Å². The molecule has 1 heterocycles. The molecule has 0 aliphatic rings. The minimum absolute atomic E-state index is 0.864. The molecule has 0 atom stereocenters. The largest absolute Gasteiger partial charge is 0.456 e. The Morgan fingerprint density at radius 2 is 0.783 bits per heavy atom. The summed E-state index contributed by atoms with van der Waals surface area (Å²) in [6.45, 7) is 0. The van der Waals surface area contributed by atoms with Gasteiger partial charge in [-0.3, -0.25) is 0 Å². The Kier molecular flexibility index (Phi) is 8.87. The van der Waals surface area contributed by atoms with Crippen molar-refractivity contribution in [2.75, 3.05) is 4.90 Å². The molecule has 0 spiro atoms. The lowest BCUT2D eigenvalue weighted by Gasteiger charge is -2.27.